The maximum atomic E-state index is 12.4. The first-order chi connectivity index (χ1) is 10.6. The van der Waals surface area contributed by atoms with E-state index in [1.165, 1.54) is 12.1 Å². The highest BCUT2D eigenvalue weighted by molar-refractivity contribution is 7.92. The Kier molecular flexibility index (Phi) is 4.28. The van der Waals surface area contributed by atoms with Crippen LogP contribution in [-0.2, 0) is 16.2 Å². The summed E-state index contributed by atoms with van der Waals surface area (Å²) in [5.74, 6) is 0. The molecule has 10 heteroatoms. The molecule has 6 nitrogen and oxygen atoms in total. The topological polar surface area (TPSA) is 89.3 Å². The first kappa shape index (κ1) is 16.7. The Labute approximate surface area is 128 Å². The Bertz CT molecular complexity index is 816. The first-order valence-corrected chi connectivity index (χ1v) is 7.52. The molecule has 0 amide bonds. The molecule has 0 fully saturated rings. The summed E-state index contributed by atoms with van der Waals surface area (Å²) in [6.45, 7) is 0. The number of nitro benzene ring substituents is 1. The van der Waals surface area contributed by atoms with Crippen molar-refractivity contribution in [1.29, 1.82) is 0 Å². The van der Waals surface area contributed by atoms with Crippen molar-refractivity contribution in [3.8, 4) is 0 Å². The standard InChI is InChI=1S/C13H9F3N2O4S/c14-13(15,16)9-1-7-12(8-2-9)23(21,22)17-10-3-5-11(6-4-10)18(19)20/h1-8,17H. The third-order valence-corrected chi connectivity index (χ3v) is 4.22. The minimum Gasteiger partial charge on any atom is -0.280 e. The molecule has 0 aliphatic rings. The van der Waals surface area contributed by atoms with Crippen molar-refractivity contribution in [3.63, 3.8) is 0 Å². The second kappa shape index (κ2) is 5.88. The third-order valence-electron chi connectivity index (χ3n) is 2.82. The summed E-state index contributed by atoms with van der Waals surface area (Å²) >= 11 is 0. The van der Waals surface area contributed by atoms with Crippen molar-refractivity contribution in [2.24, 2.45) is 0 Å². The molecule has 23 heavy (non-hydrogen) atoms. The van der Waals surface area contributed by atoms with Gasteiger partial charge < -0.3 is 0 Å². The molecular weight excluding hydrogens is 337 g/mol. The SMILES string of the molecule is O=[N+]([O-])c1ccc(NS(=O)(=O)c2ccc(C(F)(F)F)cc2)cc1. The van der Waals surface area contributed by atoms with Crippen LogP contribution in [0.3, 0.4) is 0 Å². The summed E-state index contributed by atoms with van der Waals surface area (Å²) in [5.41, 5.74) is -1.13. The van der Waals surface area contributed by atoms with E-state index in [4.69, 9.17) is 0 Å². The van der Waals surface area contributed by atoms with E-state index in [-0.39, 0.29) is 16.3 Å². The number of rotatable bonds is 4. The van der Waals surface area contributed by atoms with Crippen LogP contribution in [-0.4, -0.2) is 13.3 Å². The zero-order chi connectivity index (χ0) is 17.3. The molecule has 2 aromatic rings. The van der Waals surface area contributed by atoms with Gasteiger partial charge in [-0.15, -0.1) is 0 Å². The van der Waals surface area contributed by atoms with Crippen LogP contribution in [0.5, 0.6) is 0 Å². The number of non-ortho nitro benzene ring substituents is 1. The molecule has 122 valence electrons. The van der Waals surface area contributed by atoms with E-state index >= 15 is 0 Å². The Balaban J connectivity index is 2.23. The number of alkyl halides is 3. The fourth-order valence-corrected chi connectivity index (χ4v) is 2.75. The van der Waals surface area contributed by atoms with Gasteiger partial charge in [0.05, 0.1) is 15.4 Å². The average Bonchev–Trinajstić information content (AvgIpc) is 2.46. The smallest absolute Gasteiger partial charge is 0.280 e. The lowest BCUT2D eigenvalue weighted by Crippen LogP contribution is -2.13. The van der Waals surface area contributed by atoms with Gasteiger partial charge in [-0.05, 0) is 36.4 Å². The van der Waals surface area contributed by atoms with E-state index in [9.17, 15) is 31.7 Å². The summed E-state index contributed by atoms with van der Waals surface area (Å²) < 4.78 is 63.6. The lowest BCUT2D eigenvalue weighted by Gasteiger charge is -2.10. The molecule has 0 bridgehead atoms. The maximum absolute atomic E-state index is 12.4. The molecule has 0 spiro atoms. The molecule has 0 atom stereocenters. The molecule has 0 radical (unpaired) electrons. The largest absolute Gasteiger partial charge is 0.416 e. The summed E-state index contributed by atoms with van der Waals surface area (Å²) in [6.07, 6.45) is -4.56. The fourth-order valence-electron chi connectivity index (χ4n) is 1.69. The van der Waals surface area contributed by atoms with Gasteiger partial charge in [-0.2, -0.15) is 13.2 Å². The quantitative estimate of drug-likeness (QED) is 0.678. The summed E-state index contributed by atoms with van der Waals surface area (Å²) in [7, 11) is -4.10. The summed E-state index contributed by atoms with van der Waals surface area (Å²) in [6, 6.07) is 7.54. The van der Waals surface area contributed by atoms with Crippen LogP contribution in [0.25, 0.3) is 0 Å². The number of hydrogen-bond donors (Lipinski definition) is 1. The van der Waals surface area contributed by atoms with Gasteiger partial charge in [0.25, 0.3) is 15.7 Å². The van der Waals surface area contributed by atoms with Gasteiger partial charge in [0.15, 0.2) is 0 Å². The third kappa shape index (κ3) is 3.97. The molecule has 0 aromatic heterocycles. The van der Waals surface area contributed by atoms with Gasteiger partial charge >= 0.3 is 6.18 Å². The van der Waals surface area contributed by atoms with E-state index in [1.807, 2.05) is 0 Å². The number of sulfonamides is 1. The van der Waals surface area contributed by atoms with Gasteiger partial charge in [0.2, 0.25) is 0 Å². The van der Waals surface area contributed by atoms with E-state index < -0.39 is 26.7 Å². The van der Waals surface area contributed by atoms with Crippen LogP contribution in [0.2, 0.25) is 0 Å². The number of benzene rings is 2. The molecule has 0 saturated carbocycles. The highest BCUT2D eigenvalue weighted by Crippen LogP contribution is 2.30. The van der Waals surface area contributed by atoms with Crippen molar-refractivity contribution >= 4 is 21.4 Å². The van der Waals surface area contributed by atoms with Crippen LogP contribution in [0, 0.1) is 10.1 Å². The number of halogens is 3. The number of anilines is 1. The second-order valence-corrected chi connectivity index (χ2v) is 6.11. The maximum Gasteiger partial charge on any atom is 0.416 e. The van der Waals surface area contributed by atoms with Crippen LogP contribution in [0.15, 0.2) is 53.4 Å². The van der Waals surface area contributed by atoms with Crippen LogP contribution >= 0.6 is 0 Å². The van der Waals surface area contributed by atoms with Gasteiger partial charge in [-0.3, -0.25) is 14.8 Å². The highest BCUT2D eigenvalue weighted by Gasteiger charge is 2.30. The highest BCUT2D eigenvalue weighted by atomic mass is 32.2. The number of hydrogen-bond acceptors (Lipinski definition) is 4. The first-order valence-electron chi connectivity index (χ1n) is 6.04. The Morgan fingerprint density at radius 3 is 1.91 bits per heavy atom. The zero-order valence-electron chi connectivity index (χ0n) is 11.2. The van der Waals surface area contributed by atoms with Crippen LogP contribution in [0.4, 0.5) is 24.5 Å². The average molecular weight is 346 g/mol. The van der Waals surface area contributed by atoms with Crippen molar-refractivity contribution in [1.82, 2.24) is 0 Å². The molecule has 0 aliphatic carbocycles. The minimum absolute atomic E-state index is 0.0514. The monoisotopic (exact) mass is 346 g/mol. The molecule has 2 rings (SSSR count). The number of nitro groups is 1. The van der Waals surface area contributed by atoms with E-state index in [2.05, 4.69) is 4.72 Å². The molecule has 1 N–H and O–H groups in total. The molecule has 0 saturated heterocycles. The molecule has 2 aromatic carbocycles. The van der Waals surface area contributed by atoms with Crippen molar-refractivity contribution in [2.75, 3.05) is 4.72 Å². The summed E-state index contributed by atoms with van der Waals surface area (Å²) in [5, 5.41) is 10.5. The van der Waals surface area contributed by atoms with Crippen LogP contribution in [0.1, 0.15) is 5.56 Å². The van der Waals surface area contributed by atoms with E-state index in [0.717, 1.165) is 24.3 Å². The molecule has 0 unspecified atom stereocenters. The van der Waals surface area contributed by atoms with Gasteiger partial charge in [-0.1, -0.05) is 0 Å². The van der Waals surface area contributed by atoms with E-state index in [0.29, 0.717) is 12.1 Å². The second-order valence-electron chi connectivity index (χ2n) is 4.43. The van der Waals surface area contributed by atoms with E-state index in [1.54, 1.807) is 0 Å². The van der Waals surface area contributed by atoms with Crippen LogP contribution < -0.4 is 4.72 Å². The normalized spacial score (nSPS) is 12.0. The fraction of sp³-hybridized carbons (Fsp3) is 0.0769. The number of nitrogens with one attached hydrogen (secondary N) is 1. The minimum atomic E-state index is -4.56. The number of nitrogens with zero attached hydrogens (tertiary/aromatic N) is 1. The zero-order valence-corrected chi connectivity index (χ0v) is 12.1. The predicted octanol–water partition coefficient (Wildman–Crippen LogP) is 3.41. The van der Waals surface area contributed by atoms with Gasteiger partial charge in [-0.25, -0.2) is 8.42 Å². The Morgan fingerprint density at radius 1 is 0.957 bits per heavy atom. The van der Waals surface area contributed by atoms with Crippen molar-refractivity contribution < 1.29 is 26.5 Å². The Morgan fingerprint density at radius 2 is 1.48 bits per heavy atom. The Hall–Kier alpha value is -2.62. The predicted molar refractivity (Wildman–Crippen MR) is 75.3 cm³/mol. The lowest BCUT2D eigenvalue weighted by atomic mass is 10.2. The molecule has 0 heterocycles. The lowest BCUT2D eigenvalue weighted by molar-refractivity contribution is -0.384. The van der Waals surface area contributed by atoms with Gasteiger partial charge in [0.1, 0.15) is 0 Å². The van der Waals surface area contributed by atoms with Crippen molar-refractivity contribution in [2.45, 2.75) is 11.1 Å². The molecule has 0 aliphatic heterocycles. The van der Waals surface area contributed by atoms with Gasteiger partial charge in [0, 0.05) is 17.8 Å². The van der Waals surface area contributed by atoms with Crippen molar-refractivity contribution in [3.05, 3.63) is 64.2 Å². The molecular formula is C13H9F3N2O4S. The summed E-state index contributed by atoms with van der Waals surface area (Å²) in [4.78, 5) is 9.50.